The van der Waals surface area contributed by atoms with Gasteiger partial charge in [0.25, 0.3) is 0 Å². The van der Waals surface area contributed by atoms with Crippen molar-refractivity contribution in [1.29, 1.82) is 0 Å². The fourth-order valence-corrected chi connectivity index (χ4v) is 2.27. The molecule has 0 unspecified atom stereocenters. The zero-order chi connectivity index (χ0) is 16.6. The highest BCUT2D eigenvalue weighted by Crippen LogP contribution is 2.19. The van der Waals surface area contributed by atoms with Crippen LogP contribution < -0.4 is 11.1 Å². The summed E-state index contributed by atoms with van der Waals surface area (Å²) in [6.45, 7) is 9.13. The van der Waals surface area contributed by atoms with Gasteiger partial charge < -0.3 is 25.4 Å². The van der Waals surface area contributed by atoms with Crippen LogP contribution in [-0.4, -0.2) is 61.9 Å². The lowest BCUT2D eigenvalue weighted by atomic mass is 9.97. The molecule has 3 N–H and O–H groups in total. The number of hydrogen-bond acceptors (Lipinski definition) is 5. The van der Waals surface area contributed by atoms with Crippen LogP contribution in [0.1, 0.15) is 33.6 Å². The van der Waals surface area contributed by atoms with Crippen molar-refractivity contribution in [3.63, 3.8) is 0 Å². The van der Waals surface area contributed by atoms with Crippen LogP contribution >= 0.6 is 0 Å². The second kappa shape index (κ2) is 8.95. The maximum atomic E-state index is 11.9. The third-order valence-corrected chi connectivity index (χ3v) is 3.37. The van der Waals surface area contributed by atoms with Crippen LogP contribution in [0.5, 0.6) is 0 Å². The molecule has 0 bridgehead atoms. The molecule has 0 radical (unpaired) electrons. The monoisotopic (exact) mass is 315 g/mol. The molecule has 1 aliphatic rings. The van der Waals surface area contributed by atoms with Crippen LogP contribution in [0.3, 0.4) is 0 Å². The summed E-state index contributed by atoms with van der Waals surface area (Å²) >= 11 is 0. The summed E-state index contributed by atoms with van der Waals surface area (Å²) in [4.78, 5) is 24.2. The molecule has 0 aromatic carbocycles. The Kier molecular flexibility index (Phi) is 7.61. The number of nitrogens with zero attached hydrogens (tertiary/aromatic N) is 1. The summed E-state index contributed by atoms with van der Waals surface area (Å²) in [5.41, 5.74) is 4.53. The van der Waals surface area contributed by atoms with Gasteiger partial charge in [0.15, 0.2) is 0 Å². The molecule has 0 aromatic heterocycles. The molecule has 1 aliphatic heterocycles. The van der Waals surface area contributed by atoms with Crippen LogP contribution in [0.2, 0.25) is 0 Å². The van der Waals surface area contributed by atoms with Gasteiger partial charge in [0.1, 0.15) is 12.2 Å². The van der Waals surface area contributed by atoms with Gasteiger partial charge in [-0.25, -0.2) is 4.79 Å². The first-order valence-electron chi connectivity index (χ1n) is 7.82. The maximum absolute atomic E-state index is 11.9. The molecule has 1 rings (SSSR count). The zero-order valence-corrected chi connectivity index (χ0v) is 13.9. The van der Waals surface area contributed by atoms with E-state index in [2.05, 4.69) is 5.32 Å². The molecule has 0 aliphatic carbocycles. The fourth-order valence-electron chi connectivity index (χ4n) is 2.27. The number of carbonyl (C=O) groups excluding carboxylic acids is 2. The van der Waals surface area contributed by atoms with E-state index in [1.165, 1.54) is 0 Å². The minimum Gasteiger partial charge on any atom is -0.444 e. The van der Waals surface area contributed by atoms with E-state index in [4.69, 9.17) is 15.2 Å². The minimum atomic E-state index is -0.450. The van der Waals surface area contributed by atoms with E-state index in [1.54, 1.807) is 4.90 Å². The van der Waals surface area contributed by atoms with Gasteiger partial charge in [-0.15, -0.1) is 0 Å². The Morgan fingerprint density at radius 3 is 2.45 bits per heavy atom. The lowest BCUT2D eigenvalue weighted by Crippen LogP contribution is -2.43. The van der Waals surface area contributed by atoms with E-state index in [1.807, 2.05) is 20.8 Å². The molecule has 0 saturated carbocycles. The van der Waals surface area contributed by atoms with Gasteiger partial charge in [-0.2, -0.15) is 0 Å². The van der Waals surface area contributed by atoms with Gasteiger partial charge >= 0.3 is 6.09 Å². The van der Waals surface area contributed by atoms with Crippen molar-refractivity contribution in [2.45, 2.75) is 39.2 Å². The Bertz CT molecular complexity index is 360. The predicted octanol–water partition coefficient (Wildman–Crippen LogP) is 0.725. The first kappa shape index (κ1) is 18.7. The van der Waals surface area contributed by atoms with Gasteiger partial charge in [0.05, 0.1) is 6.61 Å². The van der Waals surface area contributed by atoms with Crippen molar-refractivity contribution in [1.82, 2.24) is 10.2 Å². The van der Waals surface area contributed by atoms with Crippen LogP contribution in [0.25, 0.3) is 0 Å². The minimum absolute atomic E-state index is 0.0318. The van der Waals surface area contributed by atoms with E-state index in [9.17, 15) is 9.59 Å². The Morgan fingerprint density at radius 1 is 1.27 bits per heavy atom. The summed E-state index contributed by atoms with van der Waals surface area (Å²) < 4.78 is 10.4. The molecule has 2 amide bonds. The number of nitrogens with one attached hydrogen (secondary N) is 1. The van der Waals surface area contributed by atoms with Crippen molar-refractivity contribution in [2.75, 3.05) is 39.4 Å². The van der Waals surface area contributed by atoms with Crippen LogP contribution in [-0.2, 0) is 14.3 Å². The number of likely N-dealkylation sites (tertiary alicyclic amines) is 1. The Balaban J connectivity index is 2.10. The van der Waals surface area contributed by atoms with E-state index in [-0.39, 0.29) is 12.7 Å². The average molecular weight is 315 g/mol. The topological polar surface area (TPSA) is 93.9 Å². The Labute approximate surface area is 132 Å². The van der Waals surface area contributed by atoms with Crippen molar-refractivity contribution >= 4 is 12.0 Å². The van der Waals surface area contributed by atoms with E-state index in [0.717, 1.165) is 32.5 Å². The fraction of sp³-hybridized carbons (Fsp3) is 0.867. The van der Waals surface area contributed by atoms with Gasteiger partial charge in [-0.05, 0) is 46.1 Å². The van der Waals surface area contributed by atoms with E-state index in [0.29, 0.717) is 19.1 Å². The van der Waals surface area contributed by atoms with Gasteiger partial charge in [0, 0.05) is 19.6 Å². The summed E-state index contributed by atoms with van der Waals surface area (Å²) in [6.07, 6.45) is 1.71. The molecule has 0 spiro atoms. The van der Waals surface area contributed by atoms with Crippen LogP contribution in [0.4, 0.5) is 4.79 Å². The van der Waals surface area contributed by atoms with Crippen LogP contribution in [0.15, 0.2) is 0 Å². The quantitative estimate of drug-likeness (QED) is 0.675. The molecule has 0 atom stereocenters. The smallest absolute Gasteiger partial charge is 0.410 e. The third-order valence-electron chi connectivity index (χ3n) is 3.37. The predicted molar refractivity (Wildman–Crippen MR) is 83.4 cm³/mol. The highest BCUT2D eigenvalue weighted by Gasteiger charge is 2.26. The SMILES string of the molecule is CC(C)(C)OC(=O)N1CCC(CNCCOCC(N)=O)CC1. The third kappa shape index (κ3) is 8.19. The van der Waals surface area contributed by atoms with Crippen molar-refractivity contribution in [3.8, 4) is 0 Å². The standard InChI is InChI=1S/C15H29N3O4/c1-15(2,3)22-14(20)18-7-4-12(5-8-18)10-17-6-9-21-11-13(16)19/h12,17H,4-11H2,1-3H3,(H2,16,19). The van der Waals surface area contributed by atoms with Crippen molar-refractivity contribution < 1.29 is 19.1 Å². The van der Waals surface area contributed by atoms with Gasteiger partial charge in [-0.3, -0.25) is 4.79 Å². The Hall–Kier alpha value is -1.34. The number of amides is 2. The molecule has 1 saturated heterocycles. The van der Waals surface area contributed by atoms with E-state index >= 15 is 0 Å². The molecule has 0 aromatic rings. The zero-order valence-electron chi connectivity index (χ0n) is 13.9. The van der Waals surface area contributed by atoms with E-state index < -0.39 is 11.5 Å². The lowest BCUT2D eigenvalue weighted by molar-refractivity contribution is -0.122. The molecule has 22 heavy (non-hydrogen) atoms. The number of nitrogens with two attached hydrogens (primary N) is 1. The summed E-state index contributed by atoms with van der Waals surface area (Å²) in [5.74, 6) is 0.101. The van der Waals surface area contributed by atoms with Gasteiger partial charge in [0.2, 0.25) is 5.91 Å². The molecule has 7 heteroatoms. The summed E-state index contributed by atoms with van der Waals surface area (Å²) in [7, 11) is 0. The second-order valence-electron chi connectivity index (χ2n) is 6.63. The molecule has 1 fully saturated rings. The first-order chi connectivity index (χ1) is 10.3. The molecule has 7 nitrogen and oxygen atoms in total. The van der Waals surface area contributed by atoms with Crippen LogP contribution in [0, 0.1) is 5.92 Å². The molecular formula is C15H29N3O4. The second-order valence-corrected chi connectivity index (χ2v) is 6.63. The number of carbonyl (C=O) groups is 2. The summed E-state index contributed by atoms with van der Waals surface area (Å²) in [6, 6.07) is 0. The average Bonchev–Trinajstić information content (AvgIpc) is 2.41. The van der Waals surface area contributed by atoms with Gasteiger partial charge in [-0.1, -0.05) is 0 Å². The lowest BCUT2D eigenvalue weighted by Gasteiger charge is -2.33. The normalized spacial score (nSPS) is 16.6. The molecule has 128 valence electrons. The number of hydrogen-bond donors (Lipinski definition) is 2. The number of ether oxygens (including phenoxy) is 2. The number of piperidine rings is 1. The van der Waals surface area contributed by atoms with Crippen molar-refractivity contribution in [3.05, 3.63) is 0 Å². The largest absolute Gasteiger partial charge is 0.444 e. The summed E-state index contributed by atoms with van der Waals surface area (Å²) in [5, 5.41) is 3.30. The number of primary amides is 1. The maximum Gasteiger partial charge on any atom is 0.410 e. The Morgan fingerprint density at radius 2 is 1.91 bits per heavy atom. The van der Waals surface area contributed by atoms with Crippen molar-refractivity contribution in [2.24, 2.45) is 11.7 Å². The molecular weight excluding hydrogens is 286 g/mol. The highest BCUT2D eigenvalue weighted by molar-refractivity contribution is 5.74. The first-order valence-corrected chi connectivity index (χ1v) is 7.82. The molecule has 1 heterocycles. The number of rotatable bonds is 7. The highest BCUT2D eigenvalue weighted by atomic mass is 16.6.